The van der Waals surface area contributed by atoms with E-state index in [1.807, 2.05) is 0 Å². The van der Waals surface area contributed by atoms with Crippen LogP contribution in [-0.2, 0) is 4.74 Å². The molecular formula is C13H30N2O. The molecule has 3 heteroatoms. The molecule has 16 heavy (non-hydrogen) atoms. The Morgan fingerprint density at radius 2 is 1.81 bits per heavy atom. The molecule has 2 unspecified atom stereocenters. The number of hydrogen-bond donors (Lipinski definition) is 1. The number of rotatable bonds is 8. The van der Waals surface area contributed by atoms with E-state index in [9.17, 15) is 0 Å². The Morgan fingerprint density at radius 3 is 2.12 bits per heavy atom. The molecular weight excluding hydrogens is 200 g/mol. The molecule has 0 aromatic heterocycles. The molecule has 0 saturated carbocycles. The molecule has 0 heterocycles. The smallest absolute Gasteiger partial charge is 0.0641 e. The minimum absolute atomic E-state index is 0.144. The summed E-state index contributed by atoms with van der Waals surface area (Å²) in [5.74, 6) is 0. The molecule has 3 nitrogen and oxygen atoms in total. The third-order valence-electron chi connectivity index (χ3n) is 3.53. The van der Waals surface area contributed by atoms with Gasteiger partial charge in [0, 0.05) is 11.6 Å². The van der Waals surface area contributed by atoms with E-state index in [1.54, 1.807) is 0 Å². The Kier molecular flexibility index (Phi) is 7.20. The van der Waals surface area contributed by atoms with E-state index in [1.165, 1.54) is 0 Å². The van der Waals surface area contributed by atoms with Gasteiger partial charge in [0.05, 0.1) is 12.7 Å². The minimum Gasteiger partial charge on any atom is -0.377 e. The van der Waals surface area contributed by atoms with Gasteiger partial charge in [0.25, 0.3) is 0 Å². The van der Waals surface area contributed by atoms with Crippen LogP contribution in [0, 0.1) is 0 Å². The summed E-state index contributed by atoms with van der Waals surface area (Å²) in [6.45, 7) is 12.6. The first-order valence-electron chi connectivity index (χ1n) is 6.40. The third-order valence-corrected chi connectivity index (χ3v) is 3.53. The summed E-state index contributed by atoms with van der Waals surface area (Å²) >= 11 is 0. The van der Waals surface area contributed by atoms with Crippen molar-refractivity contribution in [1.29, 1.82) is 0 Å². The van der Waals surface area contributed by atoms with Crippen molar-refractivity contribution >= 4 is 0 Å². The fraction of sp³-hybridized carbons (Fsp3) is 1.00. The van der Waals surface area contributed by atoms with Crippen LogP contribution in [0.25, 0.3) is 0 Å². The first-order valence-corrected chi connectivity index (χ1v) is 6.40. The highest BCUT2D eigenvalue weighted by Crippen LogP contribution is 2.21. The highest BCUT2D eigenvalue weighted by atomic mass is 16.5. The lowest BCUT2D eigenvalue weighted by molar-refractivity contribution is 0.0117. The lowest BCUT2D eigenvalue weighted by Crippen LogP contribution is -2.59. The molecule has 0 rings (SSSR count). The van der Waals surface area contributed by atoms with E-state index in [2.05, 4.69) is 58.9 Å². The Bertz CT molecular complexity index is 183. The molecule has 2 atom stereocenters. The largest absolute Gasteiger partial charge is 0.377 e. The summed E-state index contributed by atoms with van der Waals surface area (Å²) in [6, 6.07) is 0.375. The monoisotopic (exact) mass is 230 g/mol. The van der Waals surface area contributed by atoms with Crippen molar-refractivity contribution < 1.29 is 4.74 Å². The maximum Gasteiger partial charge on any atom is 0.0641 e. The van der Waals surface area contributed by atoms with Gasteiger partial charge in [-0.05, 0) is 47.8 Å². The van der Waals surface area contributed by atoms with Crippen molar-refractivity contribution in [3.05, 3.63) is 0 Å². The highest BCUT2D eigenvalue weighted by molar-refractivity contribution is 4.94. The summed E-state index contributed by atoms with van der Waals surface area (Å²) in [6.07, 6.45) is 1.41. The molecule has 0 aromatic rings. The summed E-state index contributed by atoms with van der Waals surface area (Å²) in [5, 5.41) is 3.54. The lowest BCUT2D eigenvalue weighted by Gasteiger charge is -2.43. The van der Waals surface area contributed by atoms with Crippen LogP contribution in [0.1, 0.15) is 41.0 Å². The van der Waals surface area contributed by atoms with Crippen LogP contribution < -0.4 is 5.32 Å². The van der Waals surface area contributed by atoms with Crippen molar-refractivity contribution in [3.8, 4) is 0 Å². The maximum atomic E-state index is 5.77. The van der Waals surface area contributed by atoms with Gasteiger partial charge in [-0.25, -0.2) is 0 Å². The highest BCUT2D eigenvalue weighted by Gasteiger charge is 2.34. The van der Waals surface area contributed by atoms with Gasteiger partial charge in [0.1, 0.15) is 0 Å². The van der Waals surface area contributed by atoms with Crippen LogP contribution >= 0.6 is 0 Å². The molecule has 0 radical (unpaired) electrons. The Balaban J connectivity index is 4.58. The molecule has 0 saturated heterocycles. The topological polar surface area (TPSA) is 24.5 Å². The fourth-order valence-electron chi connectivity index (χ4n) is 1.87. The SMILES string of the molecule is CCNC(COC(C)C)C(C)(CC)N(C)C. The number of likely N-dealkylation sites (N-methyl/N-ethyl adjacent to an activating group) is 2. The van der Waals surface area contributed by atoms with Gasteiger partial charge >= 0.3 is 0 Å². The van der Waals surface area contributed by atoms with Crippen molar-refractivity contribution in [2.24, 2.45) is 0 Å². The lowest BCUT2D eigenvalue weighted by atomic mass is 9.88. The van der Waals surface area contributed by atoms with Crippen molar-refractivity contribution in [1.82, 2.24) is 10.2 Å². The second-order valence-corrected chi connectivity index (χ2v) is 5.10. The second kappa shape index (κ2) is 7.25. The van der Waals surface area contributed by atoms with Gasteiger partial charge in [0.15, 0.2) is 0 Å². The molecule has 1 N–H and O–H groups in total. The van der Waals surface area contributed by atoms with Gasteiger partial charge in [-0.15, -0.1) is 0 Å². The standard InChI is InChI=1S/C13H30N2O/c1-8-13(5,15(6)7)12(14-9-2)10-16-11(3)4/h11-12,14H,8-10H2,1-7H3. The predicted molar refractivity (Wildman–Crippen MR) is 70.9 cm³/mol. The zero-order valence-electron chi connectivity index (χ0n) is 12.1. The molecule has 0 aliphatic carbocycles. The van der Waals surface area contributed by atoms with Gasteiger partial charge < -0.3 is 15.0 Å². The van der Waals surface area contributed by atoms with Crippen LogP contribution in [0.5, 0.6) is 0 Å². The summed E-state index contributed by atoms with van der Waals surface area (Å²) in [4.78, 5) is 2.30. The average molecular weight is 230 g/mol. The number of hydrogen-bond acceptors (Lipinski definition) is 3. The zero-order chi connectivity index (χ0) is 12.8. The molecule has 0 spiro atoms. The Morgan fingerprint density at radius 1 is 1.25 bits per heavy atom. The van der Waals surface area contributed by atoms with Crippen LogP contribution in [0.3, 0.4) is 0 Å². The summed E-state index contributed by atoms with van der Waals surface area (Å²) < 4.78 is 5.77. The van der Waals surface area contributed by atoms with Crippen molar-refractivity contribution in [2.45, 2.75) is 58.7 Å². The second-order valence-electron chi connectivity index (χ2n) is 5.10. The molecule has 0 aliphatic heterocycles. The Hall–Kier alpha value is -0.120. The Labute approximate surface area is 102 Å². The van der Waals surface area contributed by atoms with Gasteiger partial charge in [-0.1, -0.05) is 13.8 Å². The van der Waals surface area contributed by atoms with Crippen LogP contribution in [-0.4, -0.2) is 49.8 Å². The molecule has 0 amide bonds. The number of nitrogens with zero attached hydrogens (tertiary/aromatic N) is 1. The van der Waals surface area contributed by atoms with E-state index >= 15 is 0 Å². The predicted octanol–water partition coefficient (Wildman–Crippen LogP) is 2.12. The van der Waals surface area contributed by atoms with Gasteiger partial charge in [-0.2, -0.15) is 0 Å². The molecule has 0 fully saturated rings. The summed E-state index contributed by atoms with van der Waals surface area (Å²) in [5.41, 5.74) is 0.144. The fourth-order valence-corrected chi connectivity index (χ4v) is 1.87. The van der Waals surface area contributed by atoms with E-state index in [-0.39, 0.29) is 5.54 Å². The quantitative estimate of drug-likeness (QED) is 0.691. The van der Waals surface area contributed by atoms with E-state index in [0.29, 0.717) is 12.1 Å². The normalized spacial score (nSPS) is 17.8. The first kappa shape index (κ1) is 15.9. The molecule has 0 aromatic carbocycles. The van der Waals surface area contributed by atoms with E-state index in [4.69, 9.17) is 4.74 Å². The first-order chi connectivity index (χ1) is 7.38. The molecule has 98 valence electrons. The third kappa shape index (κ3) is 4.40. The molecule has 0 bridgehead atoms. The summed E-state index contributed by atoms with van der Waals surface area (Å²) in [7, 11) is 4.28. The van der Waals surface area contributed by atoms with Crippen LogP contribution in [0.2, 0.25) is 0 Å². The van der Waals surface area contributed by atoms with Gasteiger partial charge in [0.2, 0.25) is 0 Å². The number of nitrogens with one attached hydrogen (secondary N) is 1. The van der Waals surface area contributed by atoms with E-state index in [0.717, 1.165) is 19.6 Å². The zero-order valence-corrected chi connectivity index (χ0v) is 12.1. The molecule has 0 aliphatic rings. The van der Waals surface area contributed by atoms with Gasteiger partial charge in [-0.3, -0.25) is 0 Å². The maximum absolute atomic E-state index is 5.77. The van der Waals surface area contributed by atoms with Crippen LogP contribution in [0.4, 0.5) is 0 Å². The average Bonchev–Trinajstić information content (AvgIpc) is 2.22. The van der Waals surface area contributed by atoms with E-state index < -0.39 is 0 Å². The van der Waals surface area contributed by atoms with Crippen molar-refractivity contribution in [2.75, 3.05) is 27.2 Å². The van der Waals surface area contributed by atoms with Crippen molar-refractivity contribution in [3.63, 3.8) is 0 Å². The number of ether oxygens (including phenoxy) is 1. The van der Waals surface area contributed by atoms with Crippen LogP contribution in [0.15, 0.2) is 0 Å². The minimum atomic E-state index is 0.144.